The second kappa shape index (κ2) is 8.98. The molecule has 4 rings (SSSR count). The molecule has 0 aromatic carbocycles. The summed E-state index contributed by atoms with van der Waals surface area (Å²) in [5.41, 5.74) is 0.800. The molecule has 2 atom stereocenters. The summed E-state index contributed by atoms with van der Waals surface area (Å²) in [7, 11) is 1.74. The van der Waals surface area contributed by atoms with Gasteiger partial charge in [-0.1, -0.05) is 0 Å². The van der Waals surface area contributed by atoms with E-state index in [0.717, 1.165) is 38.5 Å². The fourth-order valence-corrected chi connectivity index (χ4v) is 3.95. The Hall–Kier alpha value is -2.42. The second-order valence-corrected chi connectivity index (χ2v) is 8.73. The first-order valence-electron chi connectivity index (χ1n) is 11.1. The third kappa shape index (κ3) is 5.08. The maximum Gasteiger partial charge on any atom is 0.297 e. The number of imidazole rings is 1. The van der Waals surface area contributed by atoms with Crippen molar-refractivity contribution in [3.8, 4) is 11.9 Å². The van der Waals surface area contributed by atoms with Crippen molar-refractivity contribution in [3.63, 3.8) is 0 Å². The minimum Gasteiger partial charge on any atom is -0.472 e. The zero-order valence-corrected chi connectivity index (χ0v) is 18.6. The summed E-state index contributed by atoms with van der Waals surface area (Å²) in [6.45, 7) is 5.43. The summed E-state index contributed by atoms with van der Waals surface area (Å²) in [4.78, 5) is 19.7. The first-order valence-corrected chi connectivity index (χ1v) is 11.1. The van der Waals surface area contributed by atoms with E-state index in [4.69, 9.17) is 14.2 Å². The summed E-state index contributed by atoms with van der Waals surface area (Å²) in [6, 6.07) is 0.347. The Bertz CT molecular complexity index is 937. The van der Waals surface area contributed by atoms with Crippen LogP contribution in [-0.2, 0) is 16.6 Å². The number of nitrogens with one attached hydrogen (secondary N) is 1. The van der Waals surface area contributed by atoms with Crippen molar-refractivity contribution in [2.24, 2.45) is 7.05 Å². The number of carbonyl (C=O) groups excluding carboxylic acids is 1. The average Bonchev–Trinajstić information content (AvgIpc) is 3.48. The molecule has 9 heteroatoms. The van der Waals surface area contributed by atoms with Crippen molar-refractivity contribution >= 4 is 16.9 Å². The number of carbonyl (C=O) groups is 1. The second-order valence-electron chi connectivity index (χ2n) is 8.73. The summed E-state index contributed by atoms with van der Waals surface area (Å²) >= 11 is 0. The van der Waals surface area contributed by atoms with Crippen molar-refractivity contribution in [3.05, 3.63) is 12.0 Å². The number of amides is 1. The molecular weight excluding hydrogens is 403 g/mol. The van der Waals surface area contributed by atoms with Gasteiger partial charge in [-0.15, -0.1) is 0 Å². The fraction of sp³-hybridized carbons (Fsp3) is 0.682. The summed E-state index contributed by atoms with van der Waals surface area (Å²) in [5, 5.41) is 2.87. The van der Waals surface area contributed by atoms with Crippen molar-refractivity contribution in [1.82, 2.24) is 19.9 Å². The lowest BCUT2D eigenvalue weighted by atomic mass is 9.94. The molecule has 1 N–H and O–H groups in total. The van der Waals surface area contributed by atoms with Crippen LogP contribution in [0.2, 0.25) is 0 Å². The van der Waals surface area contributed by atoms with E-state index in [1.807, 2.05) is 13.8 Å². The molecule has 2 fully saturated rings. The molecule has 2 aliphatic carbocycles. The maximum atomic E-state index is 14.9. The van der Waals surface area contributed by atoms with Crippen molar-refractivity contribution < 1.29 is 23.4 Å². The lowest BCUT2D eigenvalue weighted by Gasteiger charge is -2.32. The van der Waals surface area contributed by atoms with Gasteiger partial charge in [-0.2, -0.15) is 9.37 Å². The molecule has 1 amide bonds. The highest BCUT2D eigenvalue weighted by atomic mass is 19.1. The molecule has 0 unspecified atom stereocenters. The molecular formula is C22H31FN4O4. The first kappa shape index (κ1) is 21.8. The predicted molar refractivity (Wildman–Crippen MR) is 113 cm³/mol. The Morgan fingerprint density at radius 3 is 2.39 bits per heavy atom. The van der Waals surface area contributed by atoms with Crippen LogP contribution in [0.4, 0.5) is 4.39 Å². The van der Waals surface area contributed by atoms with E-state index in [1.165, 1.54) is 13.1 Å². The quantitative estimate of drug-likeness (QED) is 0.686. The molecule has 2 saturated carbocycles. The lowest BCUT2D eigenvalue weighted by Crippen LogP contribution is -2.42. The molecule has 8 nitrogen and oxygen atoms in total. The van der Waals surface area contributed by atoms with E-state index in [-0.39, 0.29) is 42.2 Å². The van der Waals surface area contributed by atoms with E-state index in [0.29, 0.717) is 17.0 Å². The third-order valence-corrected chi connectivity index (χ3v) is 6.02. The number of aromatic nitrogens is 3. The predicted octanol–water partition coefficient (Wildman–Crippen LogP) is 3.27. The fourth-order valence-electron chi connectivity index (χ4n) is 3.95. The highest BCUT2D eigenvalue weighted by Gasteiger charge is 2.29. The van der Waals surface area contributed by atoms with Gasteiger partial charge >= 0.3 is 0 Å². The van der Waals surface area contributed by atoms with Crippen LogP contribution in [0.15, 0.2) is 6.20 Å². The minimum atomic E-state index is -0.492. The standard InChI is InChI=1S/C22H31FN4O4/c1-12(25-14(3)28)13(2)29-15-5-9-17(10-6-15)31-22-26-18-11-24-21(30-16-7-8-16)19(23)20(18)27(22)4/h11-13,15-17H,5-10H2,1-4H3,(H,25,28)/t12-,13+,15-,17-/m0/s1. The van der Waals surface area contributed by atoms with Gasteiger partial charge in [-0.3, -0.25) is 9.36 Å². The molecule has 0 radical (unpaired) electrons. The van der Waals surface area contributed by atoms with Gasteiger partial charge in [0.1, 0.15) is 23.2 Å². The van der Waals surface area contributed by atoms with Gasteiger partial charge in [0.25, 0.3) is 11.9 Å². The number of hydrogen-bond donors (Lipinski definition) is 1. The lowest BCUT2D eigenvalue weighted by molar-refractivity contribution is -0.121. The van der Waals surface area contributed by atoms with Crippen LogP contribution in [0.25, 0.3) is 11.0 Å². The van der Waals surface area contributed by atoms with Crippen LogP contribution in [0.1, 0.15) is 59.3 Å². The van der Waals surface area contributed by atoms with Crippen LogP contribution in [0.5, 0.6) is 11.9 Å². The number of pyridine rings is 1. The topological polar surface area (TPSA) is 87.5 Å². The largest absolute Gasteiger partial charge is 0.472 e. The highest BCUT2D eigenvalue weighted by Crippen LogP contribution is 2.33. The molecule has 0 saturated heterocycles. The minimum absolute atomic E-state index is 0.00311. The van der Waals surface area contributed by atoms with Gasteiger partial charge in [0, 0.05) is 14.0 Å². The molecule has 0 bridgehead atoms. The Morgan fingerprint density at radius 2 is 1.74 bits per heavy atom. The molecule has 170 valence electrons. The van der Waals surface area contributed by atoms with E-state index >= 15 is 0 Å². The third-order valence-electron chi connectivity index (χ3n) is 6.02. The summed E-state index contributed by atoms with van der Waals surface area (Å²) in [5.74, 6) is -0.515. The van der Waals surface area contributed by atoms with E-state index in [9.17, 15) is 9.18 Å². The van der Waals surface area contributed by atoms with Crippen LogP contribution in [0.3, 0.4) is 0 Å². The van der Waals surface area contributed by atoms with Crippen LogP contribution in [0, 0.1) is 5.82 Å². The van der Waals surface area contributed by atoms with Crippen LogP contribution in [-0.4, -0.2) is 50.9 Å². The van der Waals surface area contributed by atoms with E-state index in [2.05, 4.69) is 15.3 Å². The smallest absolute Gasteiger partial charge is 0.297 e. The number of ether oxygens (including phenoxy) is 3. The van der Waals surface area contributed by atoms with Crippen molar-refractivity contribution in [2.75, 3.05) is 0 Å². The van der Waals surface area contributed by atoms with E-state index < -0.39 is 5.82 Å². The molecule has 2 aliphatic rings. The highest BCUT2D eigenvalue weighted by molar-refractivity contribution is 5.77. The molecule has 2 aromatic rings. The molecule has 2 heterocycles. The van der Waals surface area contributed by atoms with Crippen LogP contribution >= 0.6 is 0 Å². The van der Waals surface area contributed by atoms with Crippen molar-refractivity contribution in [1.29, 1.82) is 0 Å². The molecule has 31 heavy (non-hydrogen) atoms. The maximum absolute atomic E-state index is 14.9. The Labute approximate surface area is 181 Å². The van der Waals surface area contributed by atoms with Crippen LogP contribution < -0.4 is 14.8 Å². The summed E-state index contributed by atoms with van der Waals surface area (Å²) < 4.78 is 34.3. The Kier molecular flexibility index (Phi) is 6.31. The normalized spacial score (nSPS) is 23.4. The van der Waals surface area contributed by atoms with Gasteiger partial charge < -0.3 is 19.5 Å². The zero-order chi connectivity index (χ0) is 22.1. The first-order chi connectivity index (χ1) is 14.8. The number of rotatable bonds is 8. The van der Waals surface area contributed by atoms with Gasteiger partial charge in [-0.05, 0) is 52.4 Å². The zero-order valence-electron chi connectivity index (χ0n) is 18.6. The SMILES string of the molecule is CC(=O)N[C@@H](C)[C@@H](C)O[C@H]1CC[C@H](Oc2nc3cnc(OC4CC4)c(F)c3n2C)CC1. The van der Waals surface area contributed by atoms with Gasteiger partial charge in [-0.25, -0.2) is 4.98 Å². The van der Waals surface area contributed by atoms with Gasteiger partial charge in [0.15, 0.2) is 0 Å². The number of halogens is 1. The summed E-state index contributed by atoms with van der Waals surface area (Å²) in [6.07, 6.45) is 6.93. The number of nitrogens with zero attached hydrogens (tertiary/aromatic N) is 3. The molecule has 2 aromatic heterocycles. The average molecular weight is 435 g/mol. The Balaban J connectivity index is 1.34. The van der Waals surface area contributed by atoms with Crippen molar-refractivity contribution in [2.45, 2.75) is 89.8 Å². The monoisotopic (exact) mass is 434 g/mol. The Morgan fingerprint density at radius 1 is 1.13 bits per heavy atom. The number of hydrogen-bond acceptors (Lipinski definition) is 6. The number of fused-ring (bicyclic) bond motifs is 1. The molecule has 0 spiro atoms. The van der Waals surface area contributed by atoms with Gasteiger partial charge in [0.2, 0.25) is 11.7 Å². The van der Waals surface area contributed by atoms with Gasteiger partial charge in [0.05, 0.1) is 24.4 Å². The van der Waals surface area contributed by atoms with E-state index in [1.54, 1.807) is 11.6 Å². The number of aryl methyl sites for hydroxylation is 1. The molecule has 0 aliphatic heterocycles.